The second kappa shape index (κ2) is 11.0. The van der Waals surface area contributed by atoms with E-state index in [2.05, 4.69) is 0 Å². The normalized spacial score (nSPS) is 25.4. The molecule has 39 heavy (non-hydrogen) atoms. The summed E-state index contributed by atoms with van der Waals surface area (Å²) >= 11 is 0. The Bertz CT molecular complexity index is 1310. The number of hydrogen-bond donors (Lipinski definition) is 0. The van der Waals surface area contributed by atoms with Gasteiger partial charge >= 0.3 is 11.9 Å². The first-order valence-corrected chi connectivity index (χ1v) is 13.3. The van der Waals surface area contributed by atoms with Crippen molar-refractivity contribution in [3.8, 4) is 16.9 Å². The minimum atomic E-state index is -1.06. The van der Waals surface area contributed by atoms with Crippen LogP contribution in [-0.4, -0.2) is 49.8 Å². The number of fused-ring (bicyclic) bond motifs is 1. The van der Waals surface area contributed by atoms with Crippen molar-refractivity contribution >= 4 is 11.9 Å². The lowest BCUT2D eigenvalue weighted by atomic mass is 9.91. The Morgan fingerprint density at radius 2 is 1.56 bits per heavy atom. The second-order valence-electron chi connectivity index (χ2n) is 10.1. The highest BCUT2D eigenvalue weighted by Gasteiger charge is 2.51. The van der Waals surface area contributed by atoms with E-state index in [1.807, 2.05) is 84.9 Å². The molecule has 0 aromatic heterocycles. The topological polar surface area (TPSA) is 80.3 Å². The third-order valence-electron chi connectivity index (χ3n) is 7.57. The molecule has 3 aliphatic rings. The summed E-state index contributed by atoms with van der Waals surface area (Å²) in [5, 5.41) is 0. The molecule has 2 saturated heterocycles. The maximum atomic E-state index is 13.1. The van der Waals surface area contributed by atoms with Crippen LogP contribution < -0.4 is 4.74 Å². The number of benzene rings is 3. The van der Waals surface area contributed by atoms with Crippen molar-refractivity contribution in [3.05, 3.63) is 103 Å². The second-order valence-corrected chi connectivity index (χ2v) is 10.1. The van der Waals surface area contributed by atoms with E-state index in [9.17, 15) is 9.59 Å². The predicted molar refractivity (Wildman–Crippen MR) is 143 cm³/mol. The highest BCUT2D eigenvalue weighted by molar-refractivity contribution is 5.90. The van der Waals surface area contributed by atoms with Crippen molar-refractivity contribution in [3.63, 3.8) is 0 Å². The molecule has 3 aromatic rings. The monoisotopic (exact) mass is 526 g/mol. The van der Waals surface area contributed by atoms with Gasteiger partial charge in [-0.05, 0) is 41.5 Å². The van der Waals surface area contributed by atoms with Crippen LogP contribution in [0, 0.1) is 11.8 Å². The fraction of sp³-hybridized carbons (Fsp3) is 0.312. The van der Waals surface area contributed by atoms with Gasteiger partial charge in [-0.1, -0.05) is 66.7 Å². The summed E-state index contributed by atoms with van der Waals surface area (Å²) in [6.45, 7) is 1.05. The summed E-state index contributed by atoms with van der Waals surface area (Å²) in [5.74, 6) is -1.28. The van der Waals surface area contributed by atoms with Crippen molar-refractivity contribution in [2.45, 2.75) is 30.8 Å². The van der Waals surface area contributed by atoms with Gasteiger partial charge in [0, 0.05) is 18.3 Å². The van der Waals surface area contributed by atoms with Gasteiger partial charge in [0.05, 0.1) is 25.2 Å². The number of esters is 2. The largest absolute Gasteiger partial charge is 0.488 e. The van der Waals surface area contributed by atoms with Crippen molar-refractivity contribution < 1.29 is 33.3 Å². The zero-order chi connectivity index (χ0) is 26.7. The Balaban J connectivity index is 1.17. The Morgan fingerprint density at radius 1 is 0.897 bits per heavy atom. The van der Waals surface area contributed by atoms with Gasteiger partial charge < -0.3 is 23.7 Å². The molecule has 6 rings (SSSR count). The minimum Gasteiger partial charge on any atom is -0.488 e. The minimum absolute atomic E-state index is 0.0829. The van der Waals surface area contributed by atoms with Crippen LogP contribution in [0.1, 0.15) is 23.2 Å². The lowest BCUT2D eigenvalue weighted by Gasteiger charge is -2.26. The van der Waals surface area contributed by atoms with Gasteiger partial charge in [0.1, 0.15) is 24.6 Å². The molecular formula is C32H30O7. The van der Waals surface area contributed by atoms with Gasteiger partial charge in [-0.3, -0.25) is 4.79 Å². The first-order valence-electron chi connectivity index (χ1n) is 13.3. The Morgan fingerprint density at radius 3 is 2.28 bits per heavy atom. The first kappa shape index (κ1) is 25.3. The molecule has 7 nitrogen and oxygen atoms in total. The highest BCUT2D eigenvalue weighted by atomic mass is 16.8. The number of ether oxygens (including phenoxy) is 5. The summed E-state index contributed by atoms with van der Waals surface area (Å²) in [5.41, 5.74) is 2.58. The van der Waals surface area contributed by atoms with Crippen molar-refractivity contribution in [2.75, 3.05) is 19.8 Å². The number of rotatable bonds is 8. The van der Waals surface area contributed by atoms with Gasteiger partial charge in [0.15, 0.2) is 0 Å². The van der Waals surface area contributed by atoms with Crippen LogP contribution in [0.5, 0.6) is 5.75 Å². The summed E-state index contributed by atoms with van der Waals surface area (Å²) in [6.07, 6.45) is 3.80. The van der Waals surface area contributed by atoms with Crippen molar-refractivity contribution in [2.24, 2.45) is 11.8 Å². The highest BCUT2D eigenvalue weighted by Crippen LogP contribution is 2.44. The van der Waals surface area contributed by atoms with E-state index in [1.165, 1.54) is 0 Å². The van der Waals surface area contributed by atoms with E-state index in [-0.39, 0.29) is 36.9 Å². The van der Waals surface area contributed by atoms with Gasteiger partial charge in [0.25, 0.3) is 0 Å². The summed E-state index contributed by atoms with van der Waals surface area (Å²) < 4.78 is 29.4. The summed E-state index contributed by atoms with van der Waals surface area (Å²) in [6, 6.07) is 26.8. The van der Waals surface area contributed by atoms with E-state index in [0.717, 1.165) is 11.1 Å². The molecule has 1 aliphatic carbocycles. The molecule has 7 heteroatoms. The quantitative estimate of drug-likeness (QED) is 0.295. The summed E-state index contributed by atoms with van der Waals surface area (Å²) in [7, 11) is 0. The fourth-order valence-corrected chi connectivity index (χ4v) is 5.58. The molecule has 1 saturated carbocycles. The molecule has 2 aliphatic heterocycles. The molecule has 0 unspecified atom stereocenters. The van der Waals surface area contributed by atoms with E-state index in [1.54, 1.807) is 12.1 Å². The Kier molecular flexibility index (Phi) is 7.18. The first-order chi connectivity index (χ1) is 19.1. The van der Waals surface area contributed by atoms with Crippen LogP contribution in [0.2, 0.25) is 0 Å². The average Bonchev–Trinajstić information content (AvgIpc) is 3.67. The van der Waals surface area contributed by atoms with E-state index >= 15 is 0 Å². The third-order valence-corrected chi connectivity index (χ3v) is 7.57. The van der Waals surface area contributed by atoms with Gasteiger partial charge in [0.2, 0.25) is 5.79 Å². The molecule has 200 valence electrons. The molecule has 3 aromatic carbocycles. The third kappa shape index (κ3) is 5.60. The van der Waals surface area contributed by atoms with Crippen LogP contribution in [0.25, 0.3) is 11.1 Å². The average molecular weight is 527 g/mol. The molecule has 0 bridgehead atoms. The molecule has 2 heterocycles. The fourth-order valence-electron chi connectivity index (χ4n) is 5.58. The molecule has 0 amide bonds. The van der Waals surface area contributed by atoms with Crippen molar-refractivity contribution in [1.29, 1.82) is 0 Å². The Labute approximate surface area is 227 Å². The van der Waals surface area contributed by atoms with Crippen LogP contribution in [-0.2, 0) is 23.7 Å². The Hall–Kier alpha value is -3.94. The summed E-state index contributed by atoms with van der Waals surface area (Å²) in [4.78, 5) is 25.2. The van der Waals surface area contributed by atoms with Crippen LogP contribution >= 0.6 is 0 Å². The smallest absolute Gasteiger partial charge is 0.338 e. The van der Waals surface area contributed by atoms with Crippen LogP contribution in [0.15, 0.2) is 97.1 Å². The van der Waals surface area contributed by atoms with E-state index < -0.39 is 17.9 Å². The molecular weight excluding hydrogens is 496 g/mol. The number of hydrogen-bond acceptors (Lipinski definition) is 7. The van der Waals surface area contributed by atoms with Gasteiger partial charge in [-0.25, -0.2) is 4.79 Å². The van der Waals surface area contributed by atoms with Crippen LogP contribution in [0.3, 0.4) is 0 Å². The zero-order valence-corrected chi connectivity index (χ0v) is 21.4. The molecule has 4 atom stereocenters. The van der Waals surface area contributed by atoms with Gasteiger partial charge in [-0.15, -0.1) is 0 Å². The van der Waals surface area contributed by atoms with Crippen LogP contribution in [0.4, 0.5) is 0 Å². The van der Waals surface area contributed by atoms with E-state index in [0.29, 0.717) is 30.9 Å². The van der Waals surface area contributed by atoms with E-state index in [4.69, 9.17) is 23.7 Å². The van der Waals surface area contributed by atoms with Crippen molar-refractivity contribution in [1.82, 2.24) is 0 Å². The lowest BCUT2D eigenvalue weighted by molar-refractivity contribution is -0.141. The molecule has 0 radical (unpaired) electrons. The lowest BCUT2D eigenvalue weighted by Crippen LogP contribution is -2.36. The molecule has 3 fully saturated rings. The standard InChI is InChI=1S/C32H30O7/c33-30-19-27-26(15-16-32(36-17-18-37-32)21-35-25-9-5-2-6-10-25)28(20-29(27)38-30)39-31(34)24-13-11-23(12-14-24)22-7-3-1-4-8-22/h1-16,26-29H,17-21H2/b16-15-/t26-,27-,28+,29+/m1/s1. The zero-order valence-electron chi connectivity index (χ0n) is 21.4. The number of carbonyl (C=O) groups is 2. The number of para-hydroxylation sites is 1. The predicted octanol–water partition coefficient (Wildman–Crippen LogP) is 5.21. The maximum Gasteiger partial charge on any atom is 0.338 e. The number of carbonyl (C=O) groups excluding carboxylic acids is 2. The maximum absolute atomic E-state index is 13.1. The molecule has 0 N–H and O–H groups in total. The molecule has 0 spiro atoms. The SMILES string of the molecule is O=C1C[C@@H]2[C@@H](/C=C\C3(COc4ccccc4)OCCO3)[C@@H](OC(=O)c3ccc(-c4ccccc4)cc3)C[C@@H]2O1. The van der Waals surface area contributed by atoms with Gasteiger partial charge in [-0.2, -0.15) is 0 Å².